The molecule has 2 aliphatic rings. The monoisotopic (exact) mass is 517 g/mol. The molecule has 0 fully saturated rings. The Hall–Kier alpha value is -3.97. The van der Waals surface area contributed by atoms with E-state index >= 15 is 0 Å². The molecule has 2 aliphatic heterocycles. The van der Waals surface area contributed by atoms with Crippen LogP contribution < -0.4 is 16.4 Å². The number of aliphatic hydroxyl groups excluding tert-OH is 1. The average molecular weight is 517 g/mol. The molecule has 2 aromatic carbocycles. The highest BCUT2D eigenvalue weighted by atomic mass is 19.4. The zero-order chi connectivity index (χ0) is 26.5. The molecule has 0 spiro atoms. The number of rotatable bonds is 5. The third-order valence-corrected chi connectivity index (χ3v) is 6.42. The number of primary amides is 1. The number of aliphatic imine (C=N–C) groups is 1. The molecule has 1 amide bonds. The fraction of sp³-hybridized carbons (Fsp3) is 0.292. The zero-order valence-corrected chi connectivity index (χ0v) is 19.5. The Kier molecular flexibility index (Phi) is 6.12. The highest BCUT2D eigenvalue weighted by molar-refractivity contribution is 6.06. The molecule has 0 saturated heterocycles. The molecule has 37 heavy (non-hydrogen) atoms. The van der Waals surface area contributed by atoms with Crippen molar-refractivity contribution in [1.82, 2.24) is 20.4 Å². The van der Waals surface area contributed by atoms with E-state index in [4.69, 9.17) is 5.73 Å². The minimum absolute atomic E-state index is 0.169. The van der Waals surface area contributed by atoms with Crippen LogP contribution in [-0.4, -0.2) is 32.1 Å². The van der Waals surface area contributed by atoms with E-state index in [1.807, 2.05) is 4.90 Å². The van der Waals surface area contributed by atoms with Gasteiger partial charge in [-0.25, -0.2) is 9.38 Å². The number of alkyl halides is 3. The van der Waals surface area contributed by atoms with Crippen molar-refractivity contribution in [2.45, 2.75) is 45.0 Å². The molecule has 194 valence electrons. The van der Waals surface area contributed by atoms with Crippen molar-refractivity contribution in [3.8, 4) is 0 Å². The van der Waals surface area contributed by atoms with Crippen LogP contribution in [0.1, 0.15) is 63.2 Å². The second-order valence-corrected chi connectivity index (χ2v) is 8.86. The van der Waals surface area contributed by atoms with E-state index in [0.717, 1.165) is 29.5 Å². The predicted molar refractivity (Wildman–Crippen MR) is 125 cm³/mol. The Bertz CT molecular complexity index is 1400. The van der Waals surface area contributed by atoms with Crippen molar-refractivity contribution in [3.63, 3.8) is 0 Å². The summed E-state index contributed by atoms with van der Waals surface area (Å²) >= 11 is 0. The van der Waals surface area contributed by atoms with Gasteiger partial charge in [-0.15, -0.1) is 0 Å². The molecule has 0 radical (unpaired) electrons. The number of aromatic amines is 1. The van der Waals surface area contributed by atoms with Gasteiger partial charge in [-0.2, -0.15) is 18.3 Å². The summed E-state index contributed by atoms with van der Waals surface area (Å²) in [6.45, 7) is 1.82. The van der Waals surface area contributed by atoms with Crippen LogP contribution in [0.15, 0.2) is 41.4 Å². The molecule has 0 aliphatic carbocycles. The average Bonchev–Trinajstić information content (AvgIpc) is 3.42. The van der Waals surface area contributed by atoms with Gasteiger partial charge in [0, 0.05) is 23.2 Å². The minimum Gasteiger partial charge on any atom is -0.387 e. The van der Waals surface area contributed by atoms with Crippen LogP contribution in [0.3, 0.4) is 0 Å². The Labute approximate surface area is 208 Å². The maximum absolute atomic E-state index is 14.5. The van der Waals surface area contributed by atoms with Gasteiger partial charge in [0.05, 0.1) is 47.4 Å². The molecule has 3 aromatic rings. The molecule has 5 rings (SSSR count). The van der Waals surface area contributed by atoms with Crippen LogP contribution in [0.2, 0.25) is 0 Å². The van der Waals surface area contributed by atoms with Gasteiger partial charge in [-0.1, -0.05) is 18.2 Å². The lowest BCUT2D eigenvalue weighted by Crippen LogP contribution is -2.39. The van der Waals surface area contributed by atoms with E-state index in [9.17, 15) is 27.5 Å². The predicted octanol–water partition coefficient (Wildman–Crippen LogP) is 3.31. The van der Waals surface area contributed by atoms with Crippen LogP contribution >= 0.6 is 0 Å². The van der Waals surface area contributed by atoms with Gasteiger partial charge in [-0.05, 0) is 25.1 Å². The van der Waals surface area contributed by atoms with Crippen molar-refractivity contribution in [1.29, 1.82) is 0 Å². The molecule has 0 saturated carbocycles. The summed E-state index contributed by atoms with van der Waals surface area (Å²) in [6.07, 6.45) is -6.45. The van der Waals surface area contributed by atoms with Crippen molar-refractivity contribution in [2.24, 2.45) is 10.7 Å². The zero-order valence-electron chi connectivity index (χ0n) is 19.5. The summed E-state index contributed by atoms with van der Waals surface area (Å²) < 4.78 is 55.0. The van der Waals surface area contributed by atoms with Crippen molar-refractivity contribution in [3.05, 3.63) is 81.4 Å². The number of halogens is 4. The van der Waals surface area contributed by atoms with Gasteiger partial charge in [0.15, 0.2) is 0 Å². The number of aliphatic hydroxyl groups is 1. The number of H-pyrrole nitrogens is 1. The fourth-order valence-corrected chi connectivity index (χ4v) is 4.66. The van der Waals surface area contributed by atoms with E-state index in [1.54, 1.807) is 19.1 Å². The van der Waals surface area contributed by atoms with Crippen molar-refractivity contribution in [2.75, 3.05) is 5.32 Å². The summed E-state index contributed by atoms with van der Waals surface area (Å²) in [6, 6.07) is 7.56. The van der Waals surface area contributed by atoms with Gasteiger partial charge in [0.2, 0.25) is 5.96 Å². The van der Waals surface area contributed by atoms with Crippen LogP contribution in [0.5, 0.6) is 0 Å². The van der Waals surface area contributed by atoms with Gasteiger partial charge < -0.3 is 21.1 Å². The standard InChI is InChI=1S/C24H23F4N7O2/c1-11(36)19-15-9-35(10-18(15)33-34-19)23-31-20-12(21(29)37)4-2-5-13(20)22(32-23)30-8-14-16(24(26,27)28)6-3-7-17(14)25/h2-7,11,22,30,36H,8-10H2,1H3,(H2,29,37)(H,31,32)(H,33,34)/t11-,22?/m0/s1. The molecule has 0 bridgehead atoms. The van der Waals surface area contributed by atoms with Gasteiger partial charge >= 0.3 is 6.18 Å². The summed E-state index contributed by atoms with van der Waals surface area (Å²) in [5, 5.41) is 23.1. The van der Waals surface area contributed by atoms with Crippen molar-refractivity contribution < 1.29 is 27.5 Å². The maximum atomic E-state index is 14.5. The van der Waals surface area contributed by atoms with E-state index in [0.29, 0.717) is 36.0 Å². The first-order valence-electron chi connectivity index (χ1n) is 11.4. The molecule has 1 aromatic heterocycles. The van der Waals surface area contributed by atoms with Crippen LogP contribution in [0.25, 0.3) is 0 Å². The number of nitrogens with two attached hydrogens (primary N) is 1. The first kappa shape index (κ1) is 24.7. The number of benzene rings is 2. The second-order valence-electron chi connectivity index (χ2n) is 8.86. The molecule has 6 N–H and O–H groups in total. The Morgan fingerprint density at radius 3 is 2.73 bits per heavy atom. The number of fused-ring (bicyclic) bond motifs is 2. The van der Waals surface area contributed by atoms with Gasteiger partial charge in [0.25, 0.3) is 5.91 Å². The van der Waals surface area contributed by atoms with E-state index in [2.05, 4.69) is 25.8 Å². The number of hydrogen-bond acceptors (Lipinski definition) is 7. The number of amides is 1. The van der Waals surface area contributed by atoms with E-state index in [1.165, 1.54) is 6.07 Å². The van der Waals surface area contributed by atoms with Gasteiger partial charge in [0.1, 0.15) is 12.0 Å². The van der Waals surface area contributed by atoms with E-state index < -0.39 is 47.8 Å². The number of hydrogen-bond donors (Lipinski definition) is 5. The third-order valence-electron chi connectivity index (χ3n) is 6.42. The molecule has 13 heteroatoms. The Morgan fingerprint density at radius 2 is 2.03 bits per heavy atom. The normalized spacial score (nSPS) is 17.6. The maximum Gasteiger partial charge on any atom is 0.416 e. The number of anilines is 1. The van der Waals surface area contributed by atoms with Crippen LogP contribution in [-0.2, 0) is 25.8 Å². The van der Waals surface area contributed by atoms with E-state index in [-0.39, 0.29) is 5.56 Å². The lowest BCUT2D eigenvalue weighted by molar-refractivity contribution is -0.138. The lowest BCUT2D eigenvalue weighted by atomic mass is 10.0. The number of carbonyl (C=O) groups excluding carboxylic acids is 1. The van der Waals surface area contributed by atoms with Gasteiger partial charge in [-0.3, -0.25) is 15.2 Å². The third kappa shape index (κ3) is 4.51. The fourth-order valence-electron chi connectivity index (χ4n) is 4.66. The number of nitrogens with one attached hydrogen (secondary N) is 3. The molecule has 9 nitrogen and oxygen atoms in total. The summed E-state index contributed by atoms with van der Waals surface area (Å²) in [4.78, 5) is 18.6. The van der Waals surface area contributed by atoms with Crippen LogP contribution in [0, 0.1) is 5.82 Å². The minimum atomic E-state index is -4.74. The summed E-state index contributed by atoms with van der Waals surface area (Å²) in [5.74, 6) is -1.38. The molecule has 1 unspecified atom stereocenters. The number of guanidine groups is 1. The SMILES string of the molecule is C[C@H](O)c1n[nH]c2c1CN(C1=NC(NCc3c(F)cccc3C(F)(F)F)c3cccc(C(N)=O)c3N1)C2. The molecule has 2 atom stereocenters. The molecule has 3 heterocycles. The highest BCUT2D eigenvalue weighted by Crippen LogP contribution is 2.36. The smallest absolute Gasteiger partial charge is 0.387 e. The summed E-state index contributed by atoms with van der Waals surface area (Å²) in [5.41, 5.74) is 7.02. The number of carbonyl (C=O) groups is 1. The largest absolute Gasteiger partial charge is 0.416 e. The molecular weight excluding hydrogens is 494 g/mol. The molecular formula is C24H23F4N7O2. The lowest BCUT2D eigenvalue weighted by Gasteiger charge is -2.31. The quantitative estimate of drug-likeness (QED) is 0.330. The summed E-state index contributed by atoms with van der Waals surface area (Å²) in [7, 11) is 0. The van der Waals surface area contributed by atoms with Crippen LogP contribution in [0.4, 0.5) is 23.2 Å². The highest BCUT2D eigenvalue weighted by Gasteiger charge is 2.36. The Morgan fingerprint density at radius 1 is 1.27 bits per heavy atom. The second kappa shape index (κ2) is 9.16. The topological polar surface area (TPSA) is 132 Å². The number of para-hydroxylation sites is 1. The van der Waals surface area contributed by atoms with Crippen molar-refractivity contribution >= 4 is 17.6 Å². The number of aromatic nitrogens is 2. The first-order valence-corrected chi connectivity index (χ1v) is 11.4. The Balaban J connectivity index is 1.49. The number of nitrogens with zero attached hydrogens (tertiary/aromatic N) is 3. The first-order chi connectivity index (χ1) is 17.5.